The summed E-state index contributed by atoms with van der Waals surface area (Å²) in [5.41, 5.74) is 3.22. The summed E-state index contributed by atoms with van der Waals surface area (Å²) in [7, 11) is -3.49. The minimum absolute atomic E-state index is 0.00314. The van der Waals surface area contributed by atoms with E-state index in [1.807, 2.05) is 0 Å². The van der Waals surface area contributed by atoms with Crippen LogP contribution in [0.4, 0.5) is 30.6 Å². The lowest BCUT2D eigenvalue weighted by Crippen LogP contribution is -2.45. The number of rotatable bonds is 6. The van der Waals surface area contributed by atoms with Crippen LogP contribution in [-0.2, 0) is 9.84 Å². The van der Waals surface area contributed by atoms with E-state index in [2.05, 4.69) is 25.7 Å². The van der Waals surface area contributed by atoms with Crippen molar-refractivity contribution >= 4 is 33.3 Å². The summed E-state index contributed by atoms with van der Waals surface area (Å²) in [5, 5.41) is 13.3. The zero-order valence-corrected chi connectivity index (χ0v) is 19.6. The highest BCUT2D eigenvalue weighted by atomic mass is 32.2. The Morgan fingerprint density at radius 3 is 2.58 bits per heavy atom. The van der Waals surface area contributed by atoms with Gasteiger partial charge in [0.1, 0.15) is 6.04 Å². The summed E-state index contributed by atoms with van der Waals surface area (Å²) in [5.74, 6) is -1.27. The van der Waals surface area contributed by atoms with E-state index in [-0.39, 0.29) is 39.0 Å². The monoisotopic (exact) mass is 520 g/mol. The average Bonchev–Trinajstić information content (AvgIpc) is 3.21. The summed E-state index contributed by atoms with van der Waals surface area (Å²) < 4.78 is 63.9. The highest BCUT2D eigenvalue weighted by Crippen LogP contribution is 2.35. The van der Waals surface area contributed by atoms with Crippen molar-refractivity contribution in [3.63, 3.8) is 0 Å². The lowest BCUT2D eigenvalue weighted by molar-refractivity contribution is -0.142. The third-order valence-electron chi connectivity index (χ3n) is 5.18. The molecule has 0 amide bonds. The summed E-state index contributed by atoms with van der Waals surface area (Å²) >= 11 is 0. The van der Waals surface area contributed by atoms with Gasteiger partial charge in [-0.2, -0.15) is 18.2 Å². The Balaban J connectivity index is 1.79. The van der Waals surface area contributed by atoms with Crippen LogP contribution in [0.3, 0.4) is 0 Å². The number of aromatic nitrogens is 3. The van der Waals surface area contributed by atoms with E-state index >= 15 is 0 Å². The third-order valence-corrected chi connectivity index (χ3v) is 6.29. The molecule has 1 atom stereocenters. The van der Waals surface area contributed by atoms with Gasteiger partial charge in [-0.25, -0.2) is 23.6 Å². The lowest BCUT2D eigenvalue weighted by Gasteiger charge is -2.25. The van der Waals surface area contributed by atoms with Gasteiger partial charge in [-0.3, -0.25) is 9.99 Å². The molecule has 0 spiro atoms. The van der Waals surface area contributed by atoms with Crippen LogP contribution in [0.15, 0.2) is 65.6 Å². The molecule has 1 aromatic carbocycles. The van der Waals surface area contributed by atoms with E-state index in [0.29, 0.717) is 5.69 Å². The number of nitrogens with zero attached hydrogens (tertiary/aromatic N) is 4. The van der Waals surface area contributed by atoms with Crippen molar-refractivity contribution in [3.8, 4) is 11.1 Å². The molecule has 4 rings (SSSR count). The van der Waals surface area contributed by atoms with Crippen molar-refractivity contribution in [1.29, 1.82) is 0 Å². The zero-order chi connectivity index (χ0) is 26.3. The molecule has 3 aromatic rings. The molecule has 36 heavy (non-hydrogen) atoms. The summed E-state index contributed by atoms with van der Waals surface area (Å²) in [6.07, 6.45) is 1.26. The van der Waals surface area contributed by atoms with Gasteiger partial charge in [-0.05, 0) is 37.3 Å². The number of anilines is 3. The van der Waals surface area contributed by atoms with Gasteiger partial charge in [-0.1, -0.05) is 6.07 Å². The second-order valence-electron chi connectivity index (χ2n) is 7.92. The molecule has 0 radical (unpaired) electrons. The molecular weight excluding hydrogens is 501 g/mol. The number of sulfone groups is 1. The van der Waals surface area contributed by atoms with Crippen LogP contribution in [-0.4, -0.2) is 52.9 Å². The first kappa shape index (κ1) is 25.1. The molecule has 0 saturated carbocycles. The first-order chi connectivity index (χ1) is 16.8. The molecule has 2 aromatic heterocycles. The van der Waals surface area contributed by atoms with Crippen molar-refractivity contribution in [2.24, 2.45) is 0 Å². The fourth-order valence-electron chi connectivity index (χ4n) is 3.43. The normalized spacial score (nSPS) is 16.1. The van der Waals surface area contributed by atoms with Crippen molar-refractivity contribution in [2.45, 2.75) is 24.0 Å². The molecule has 3 N–H and O–H groups in total. The quantitative estimate of drug-likeness (QED) is 0.442. The minimum Gasteiger partial charge on any atom is -0.478 e. The molecule has 0 bridgehead atoms. The standard InChI is InChI=1S/C22H19F3N6O4S/c1-12-6-18(22(23,24)25)30-31(12)19-17(13-7-14(20(32)33)10-26-9-13)11-27-21(29-19)28-15-4-3-5-16(8-15)36(2,34)35/h3-11,18,30H,1-2H3,(H,32,33)(H,27,28,29). The molecule has 0 saturated heterocycles. The Morgan fingerprint density at radius 2 is 1.94 bits per heavy atom. The predicted octanol–water partition coefficient (Wildman–Crippen LogP) is 3.54. The number of hydrazine groups is 1. The molecule has 1 aliphatic rings. The van der Waals surface area contributed by atoms with Crippen molar-refractivity contribution in [3.05, 3.63) is 66.3 Å². The van der Waals surface area contributed by atoms with Crippen LogP contribution in [0, 0.1) is 0 Å². The van der Waals surface area contributed by atoms with E-state index in [4.69, 9.17) is 0 Å². The van der Waals surface area contributed by atoms with Crippen molar-refractivity contribution in [2.75, 3.05) is 16.6 Å². The van der Waals surface area contributed by atoms with Gasteiger partial charge in [0.2, 0.25) is 5.95 Å². The molecule has 14 heteroatoms. The first-order valence-corrected chi connectivity index (χ1v) is 12.2. The van der Waals surface area contributed by atoms with Crippen LogP contribution < -0.4 is 15.8 Å². The number of carboxylic acid groups (broad SMARTS) is 1. The van der Waals surface area contributed by atoms with E-state index in [1.165, 1.54) is 43.6 Å². The van der Waals surface area contributed by atoms with Gasteiger partial charge < -0.3 is 10.4 Å². The van der Waals surface area contributed by atoms with Crippen LogP contribution in [0.2, 0.25) is 0 Å². The van der Waals surface area contributed by atoms with Crippen LogP contribution in [0.5, 0.6) is 0 Å². The highest BCUT2D eigenvalue weighted by Gasteiger charge is 2.43. The lowest BCUT2D eigenvalue weighted by atomic mass is 10.1. The first-order valence-electron chi connectivity index (χ1n) is 10.3. The highest BCUT2D eigenvalue weighted by molar-refractivity contribution is 7.90. The number of halogens is 3. The number of pyridine rings is 1. The van der Waals surface area contributed by atoms with Gasteiger partial charge in [0.15, 0.2) is 15.7 Å². The maximum Gasteiger partial charge on any atom is 0.409 e. The number of allylic oxidation sites excluding steroid dienone is 1. The Hall–Kier alpha value is -4.04. The molecule has 3 heterocycles. The van der Waals surface area contributed by atoms with E-state index in [1.54, 1.807) is 6.07 Å². The molecule has 1 aliphatic heterocycles. The van der Waals surface area contributed by atoms with Crippen LogP contribution in [0.1, 0.15) is 17.3 Å². The SMILES string of the molecule is CC1=CC(C(F)(F)F)NN1c1nc(Nc2cccc(S(C)(=O)=O)c2)ncc1-c1cncc(C(=O)O)c1. The second-order valence-corrected chi connectivity index (χ2v) is 9.93. The largest absolute Gasteiger partial charge is 0.478 e. The van der Waals surface area contributed by atoms with Crippen molar-refractivity contribution < 1.29 is 31.5 Å². The number of hydrogen-bond acceptors (Lipinski definition) is 9. The van der Waals surface area contributed by atoms with Gasteiger partial charge in [-0.15, -0.1) is 0 Å². The summed E-state index contributed by atoms with van der Waals surface area (Å²) in [4.78, 5) is 23.9. The molecule has 1 unspecified atom stereocenters. The molecule has 10 nitrogen and oxygen atoms in total. The van der Waals surface area contributed by atoms with E-state index in [9.17, 15) is 31.5 Å². The topological polar surface area (TPSA) is 137 Å². The fourth-order valence-corrected chi connectivity index (χ4v) is 4.10. The fraction of sp³-hybridized carbons (Fsp3) is 0.182. The van der Waals surface area contributed by atoms with Crippen LogP contribution >= 0.6 is 0 Å². The van der Waals surface area contributed by atoms with Gasteiger partial charge in [0.25, 0.3) is 0 Å². The van der Waals surface area contributed by atoms with Gasteiger partial charge in [0, 0.05) is 47.4 Å². The Labute approximate surface area is 203 Å². The number of carboxylic acids is 1. The van der Waals surface area contributed by atoms with Gasteiger partial charge >= 0.3 is 12.1 Å². The maximum absolute atomic E-state index is 13.4. The molecule has 0 fully saturated rings. The number of nitrogens with one attached hydrogen (secondary N) is 2. The summed E-state index contributed by atoms with van der Waals surface area (Å²) in [6, 6.07) is 5.21. The predicted molar refractivity (Wildman–Crippen MR) is 124 cm³/mol. The Morgan fingerprint density at radius 1 is 1.19 bits per heavy atom. The van der Waals surface area contributed by atoms with Gasteiger partial charge in [0.05, 0.1) is 10.5 Å². The average molecular weight is 520 g/mol. The molecule has 188 valence electrons. The van der Waals surface area contributed by atoms with Crippen LogP contribution in [0.25, 0.3) is 11.1 Å². The van der Waals surface area contributed by atoms with E-state index < -0.39 is 28.0 Å². The second kappa shape index (κ2) is 9.20. The van der Waals surface area contributed by atoms with Crippen molar-refractivity contribution in [1.82, 2.24) is 20.4 Å². The zero-order valence-electron chi connectivity index (χ0n) is 18.8. The number of alkyl halides is 3. The Bertz CT molecular complexity index is 1480. The van der Waals surface area contributed by atoms with E-state index in [0.717, 1.165) is 23.5 Å². The smallest absolute Gasteiger partial charge is 0.409 e. The number of benzene rings is 1. The third kappa shape index (κ3) is 5.28. The molecular formula is C22H19F3N6O4S. The number of carbonyl (C=O) groups is 1. The molecule has 0 aliphatic carbocycles. The minimum atomic E-state index is -4.57. The Kier molecular flexibility index (Phi) is 6.41. The number of hydrogen-bond donors (Lipinski definition) is 3. The number of aromatic carboxylic acids is 1. The maximum atomic E-state index is 13.4. The summed E-state index contributed by atoms with van der Waals surface area (Å²) in [6.45, 7) is 1.46.